The van der Waals surface area contributed by atoms with Crippen LogP contribution in [-0.2, 0) is 0 Å². The molecule has 0 saturated carbocycles. The predicted molar refractivity (Wildman–Crippen MR) is 89.7 cm³/mol. The third kappa shape index (κ3) is 3.32. The minimum atomic E-state index is 0.683. The molecule has 2 heteroatoms. The molecule has 0 spiro atoms. The van der Waals surface area contributed by atoms with Crippen molar-refractivity contribution in [2.45, 2.75) is 51.0 Å². The van der Waals surface area contributed by atoms with Crippen LogP contribution in [0.5, 0.6) is 0 Å². The van der Waals surface area contributed by atoms with Crippen molar-refractivity contribution < 1.29 is 0 Å². The summed E-state index contributed by atoms with van der Waals surface area (Å²) >= 11 is 0. The van der Waals surface area contributed by atoms with Crippen molar-refractivity contribution in [3.05, 3.63) is 35.4 Å². The number of hydrogen-bond acceptors (Lipinski definition) is 2. The maximum Gasteiger partial charge on any atom is 0.0351 e. The summed E-state index contributed by atoms with van der Waals surface area (Å²) < 4.78 is 0. The van der Waals surface area contributed by atoms with Gasteiger partial charge in [-0.05, 0) is 81.7 Å². The summed E-state index contributed by atoms with van der Waals surface area (Å²) in [7, 11) is 2.06. The van der Waals surface area contributed by atoms with Gasteiger partial charge in [0.2, 0.25) is 0 Å². The molecule has 1 heterocycles. The van der Waals surface area contributed by atoms with E-state index in [0.717, 1.165) is 11.8 Å². The Labute approximate surface area is 129 Å². The third-order valence-electron chi connectivity index (χ3n) is 5.65. The molecular formula is C19H30N2. The Bertz CT molecular complexity index is 449. The summed E-state index contributed by atoms with van der Waals surface area (Å²) in [6, 6.07) is 9.85. The Hall–Kier alpha value is -0.860. The van der Waals surface area contributed by atoms with E-state index in [1.807, 2.05) is 0 Å². The van der Waals surface area contributed by atoms with Gasteiger partial charge in [-0.1, -0.05) is 31.2 Å². The molecule has 0 bridgehead atoms. The van der Waals surface area contributed by atoms with Gasteiger partial charge in [0, 0.05) is 6.04 Å². The van der Waals surface area contributed by atoms with E-state index in [4.69, 9.17) is 0 Å². The largest absolute Gasteiger partial charge is 0.320 e. The number of fused-ring (bicyclic) bond motifs is 1. The number of likely N-dealkylation sites (tertiary alicyclic amines) is 1. The first kappa shape index (κ1) is 15.1. The van der Waals surface area contributed by atoms with Crippen LogP contribution in [0, 0.1) is 5.92 Å². The third-order valence-corrected chi connectivity index (χ3v) is 5.65. The molecule has 2 atom stereocenters. The van der Waals surface area contributed by atoms with Crippen LogP contribution in [0.15, 0.2) is 24.3 Å². The highest BCUT2D eigenvalue weighted by molar-refractivity contribution is 5.35. The molecule has 1 aromatic carbocycles. The maximum absolute atomic E-state index is 3.29. The van der Waals surface area contributed by atoms with Gasteiger partial charge in [0.25, 0.3) is 0 Å². The van der Waals surface area contributed by atoms with E-state index in [2.05, 4.69) is 48.5 Å². The fourth-order valence-electron chi connectivity index (χ4n) is 4.26. The summed E-state index contributed by atoms with van der Waals surface area (Å²) in [5.74, 6) is 1.68. The lowest BCUT2D eigenvalue weighted by molar-refractivity contribution is 0.115. The highest BCUT2D eigenvalue weighted by atomic mass is 15.2. The number of benzene rings is 1. The van der Waals surface area contributed by atoms with Gasteiger partial charge in [0.05, 0.1) is 0 Å². The van der Waals surface area contributed by atoms with Gasteiger partial charge in [-0.15, -0.1) is 0 Å². The van der Waals surface area contributed by atoms with E-state index in [9.17, 15) is 0 Å². The number of rotatable bonds is 4. The Morgan fingerprint density at radius 3 is 2.48 bits per heavy atom. The molecule has 3 rings (SSSR count). The zero-order chi connectivity index (χ0) is 14.7. The van der Waals surface area contributed by atoms with Gasteiger partial charge >= 0.3 is 0 Å². The smallest absolute Gasteiger partial charge is 0.0351 e. The molecule has 1 aliphatic carbocycles. The summed E-state index contributed by atoms with van der Waals surface area (Å²) in [6.45, 7) is 6.15. The first-order valence-electron chi connectivity index (χ1n) is 8.77. The Morgan fingerprint density at radius 1 is 1.05 bits per heavy atom. The number of nitrogens with zero attached hydrogens (tertiary/aromatic N) is 1. The van der Waals surface area contributed by atoms with Crippen LogP contribution in [-0.4, -0.2) is 31.6 Å². The average Bonchev–Trinajstić information content (AvgIpc) is 2.54. The van der Waals surface area contributed by atoms with Crippen LogP contribution in [0.2, 0.25) is 0 Å². The van der Waals surface area contributed by atoms with Gasteiger partial charge in [-0.3, -0.25) is 4.90 Å². The second-order valence-electron chi connectivity index (χ2n) is 6.99. The van der Waals surface area contributed by atoms with Crippen molar-refractivity contribution in [3.8, 4) is 0 Å². The summed E-state index contributed by atoms with van der Waals surface area (Å²) in [5.41, 5.74) is 3.22. The van der Waals surface area contributed by atoms with Gasteiger partial charge < -0.3 is 5.32 Å². The SMILES string of the molecule is CNCCC1CCN(C2CCC(C)c3ccccc32)CC1. The van der Waals surface area contributed by atoms with E-state index >= 15 is 0 Å². The molecule has 1 fully saturated rings. The maximum atomic E-state index is 3.29. The van der Waals surface area contributed by atoms with E-state index in [1.165, 1.54) is 51.7 Å². The molecule has 1 N–H and O–H groups in total. The minimum Gasteiger partial charge on any atom is -0.320 e. The molecule has 2 aliphatic rings. The Kier molecular flexibility index (Phi) is 4.97. The van der Waals surface area contributed by atoms with Crippen LogP contribution in [0.25, 0.3) is 0 Å². The van der Waals surface area contributed by atoms with E-state index in [-0.39, 0.29) is 0 Å². The summed E-state index contributed by atoms with van der Waals surface area (Å²) in [4.78, 5) is 2.76. The molecule has 2 nitrogen and oxygen atoms in total. The molecule has 2 unspecified atom stereocenters. The van der Waals surface area contributed by atoms with Gasteiger partial charge in [0.15, 0.2) is 0 Å². The van der Waals surface area contributed by atoms with Crippen LogP contribution in [0.4, 0.5) is 0 Å². The Morgan fingerprint density at radius 2 is 1.76 bits per heavy atom. The monoisotopic (exact) mass is 286 g/mol. The second kappa shape index (κ2) is 6.93. The lowest BCUT2D eigenvalue weighted by Gasteiger charge is -2.41. The quantitative estimate of drug-likeness (QED) is 0.901. The molecular weight excluding hydrogens is 256 g/mol. The zero-order valence-electron chi connectivity index (χ0n) is 13.6. The molecule has 0 amide bonds. The predicted octanol–water partition coefficient (Wildman–Crippen LogP) is 3.95. The fraction of sp³-hybridized carbons (Fsp3) is 0.684. The molecule has 1 aliphatic heterocycles. The zero-order valence-corrected chi connectivity index (χ0v) is 13.6. The standard InChI is InChI=1S/C19H30N2/c1-15-7-8-19(18-6-4-3-5-17(15)18)21-13-10-16(11-14-21)9-12-20-2/h3-6,15-16,19-20H,7-14H2,1-2H3. The van der Waals surface area contributed by atoms with E-state index < -0.39 is 0 Å². The molecule has 116 valence electrons. The molecule has 1 aromatic rings. The molecule has 21 heavy (non-hydrogen) atoms. The minimum absolute atomic E-state index is 0.683. The second-order valence-corrected chi connectivity index (χ2v) is 6.99. The van der Waals surface area contributed by atoms with Crippen LogP contribution in [0.1, 0.15) is 62.1 Å². The lowest BCUT2D eigenvalue weighted by Crippen LogP contribution is -2.38. The van der Waals surface area contributed by atoms with E-state index in [1.54, 1.807) is 11.1 Å². The van der Waals surface area contributed by atoms with Gasteiger partial charge in [0.1, 0.15) is 0 Å². The highest BCUT2D eigenvalue weighted by Crippen LogP contribution is 2.41. The lowest BCUT2D eigenvalue weighted by atomic mass is 9.79. The topological polar surface area (TPSA) is 15.3 Å². The highest BCUT2D eigenvalue weighted by Gasteiger charge is 2.31. The van der Waals surface area contributed by atoms with Gasteiger partial charge in [-0.2, -0.15) is 0 Å². The van der Waals surface area contributed by atoms with Crippen LogP contribution >= 0.6 is 0 Å². The molecule has 1 saturated heterocycles. The Balaban J connectivity index is 1.65. The van der Waals surface area contributed by atoms with Crippen molar-refractivity contribution in [1.29, 1.82) is 0 Å². The normalized spacial score (nSPS) is 27.5. The van der Waals surface area contributed by atoms with Crippen molar-refractivity contribution in [3.63, 3.8) is 0 Å². The summed E-state index contributed by atoms with van der Waals surface area (Å²) in [5, 5.41) is 3.29. The van der Waals surface area contributed by atoms with Crippen molar-refractivity contribution >= 4 is 0 Å². The van der Waals surface area contributed by atoms with Crippen LogP contribution in [0.3, 0.4) is 0 Å². The fourth-order valence-corrected chi connectivity index (χ4v) is 4.26. The van der Waals surface area contributed by atoms with E-state index in [0.29, 0.717) is 6.04 Å². The van der Waals surface area contributed by atoms with Gasteiger partial charge in [-0.25, -0.2) is 0 Å². The number of nitrogens with one attached hydrogen (secondary N) is 1. The first-order valence-corrected chi connectivity index (χ1v) is 8.77. The number of hydrogen-bond donors (Lipinski definition) is 1. The number of piperidine rings is 1. The molecule has 0 radical (unpaired) electrons. The van der Waals surface area contributed by atoms with Crippen molar-refractivity contribution in [2.75, 3.05) is 26.7 Å². The van der Waals surface area contributed by atoms with Crippen molar-refractivity contribution in [1.82, 2.24) is 10.2 Å². The average molecular weight is 286 g/mol. The van der Waals surface area contributed by atoms with Crippen molar-refractivity contribution in [2.24, 2.45) is 5.92 Å². The molecule has 0 aromatic heterocycles. The summed E-state index contributed by atoms with van der Waals surface area (Å²) in [6.07, 6.45) is 6.81. The van der Waals surface area contributed by atoms with Crippen LogP contribution < -0.4 is 5.32 Å². The first-order chi connectivity index (χ1) is 10.3.